The summed E-state index contributed by atoms with van der Waals surface area (Å²) in [5.41, 5.74) is 21.8. The maximum Gasteiger partial charge on any atom is 0.0720 e. The van der Waals surface area contributed by atoms with Gasteiger partial charge in [-0.3, -0.25) is 0 Å². The lowest BCUT2D eigenvalue weighted by molar-refractivity contribution is 0.633. The molecule has 68 heavy (non-hydrogen) atoms. The largest absolute Gasteiger partial charge is 0.311 e. The van der Waals surface area contributed by atoms with Gasteiger partial charge in [0.25, 0.3) is 0 Å². The van der Waals surface area contributed by atoms with Crippen molar-refractivity contribution in [2.24, 2.45) is 0 Å². The molecular weight excluding hydrogens is 821 g/mol. The zero-order valence-corrected chi connectivity index (χ0v) is 37.1. The molecular formula is C66H42N2. The molecule has 0 bridgehead atoms. The van der Waals surface area contributed by atoms with Crippen LogP contribution in [0.15, 0.2) is 255 Å². The van der Waals surface area contributed by atoms with E-state index in [0.29, 0.717) is 0 Å². The highest BCUT2D eigenvalue weighted by molar-refractivity contribution is 6.22. The molecule has 1 aromatic heterocycles. The number of nitrogens with zero attached hydrogens (tertiary/aromatic N) is 2. The highest BCUT2D eigenvalue weighted by Gasteiger charge is 2.59. The van der Waals surface area contributed by atoms with Crippen molar-refractivity contribution in [3.8, 4) is 27.9 Å². The van der Waals surface area contributed by atoms with Gasteiger partial charge in [-0.15, -0.1) is 0 Å². The molecule has 11 aromatic carbocycles. The van der Waals surface area contributed by atoms with E-state index in [9.17, 15) is 0 Å². The van der Waals surface area contributed by atoms with Crippen molar-refractivity contribution in [2.45, 2.75) is 10.8 Å². The summed E-state index contributed by atoms with van der Waals surface area (Å²) in [6.07, 6.45) is 0. The fourth-order valence-corrected chi connectivity index (χ4v) is 13.1. The molecule has 0 amide bonds. The van der Waals surface area contributed by atoms with Gasteiger partial charge in [-0.05, 0) is 144 Å². The van der Waals surface area contributed by atoms with Crippen molar-refractivity contribution >= 4 is 49.6 Å². The Morgan fingerprint density at radius 2 is 0.706 bits per heavy atom. The lowest BCUT2D eigenvalue weighted by Gasteiger charge is -2.48. The van der Waals surface area contributed by atoms with Crippen molar-refractivity contribution in [1.82, 2.24) is 4.57 Å². The quantitative estimate of drug-likeness (QED) is 0.171. The van der Waals surface area contributed by atoms with Gasteiger partial charge in [0.1, 0.15) is 0 Å². The van der Waals surface area contributed by atoms with Crippen LogP contribution in [0.1, 0.15) is 44.5 Å². The highest BCUT2D eigenvalue weighted by Crippen LogP contribution is 2.67. The molecule has 15 rings (SSSR count). The van der Waals surface area contributed by atoms with Gasteiger partial charge in [0.2, 0.25) is 0 Å². The molecule has 0 radical (unpaired) electrons. The third-order valence-corrected chi connectivity index (χ3v) is 15.6. The number of hydrogen-bond acceptors (Lipinski definition) is 1. The van der Waals surface area contributed by atoms with E-state index in [1.165, 1.54) is 99.3 Å². The standard InChI is InChI=1S/C66H42N2/c1-3-20-44(21-4-1)67(45-22-5-2-6-23-45)46-36-38-47(39-37-46)68-62-40-35-43-19-7-8-24-48(43)64(62)53-41-52-51-27-11-14-30-56(51)66(61(52)42-63(53)68)59-33-17-15-31-57(59)65(58-32-16-18-34-60(58)66)54-28-12-9-25-49(54)50-26-10-13-29-55(50)65/h1-42H. The number of para-hydroxylation sites is 2. The van der Waals surface area contributed by atoms with Crippen LogP contribution < -0.4 is 4.90 Å². The first-order chi connectivity index (χ1) is 33.8. The molecule has 0 saturated carbocycles. The Kier molecular flexibility index (Phi) is 7.67. The van der Waals surface area contributed by atoms with Gasteiger partial charge in [0.15, 0.2) is 0 Å². The Hall–Kier alpha value is -8.72. The van der Waals surface area contributed by atoms with Crippen LogP contribution in [0.25, 0.3) is 60.5 Å². The van der Waals surface area contributed by atoms with E-state index >= 15 is 0 Å². The molecule has 0 unspecified atom stereocenters. The summed E-state index contributed by atoms with van der Waals surface area (Å²) >= 11 is 0. The Morgan fingerprint density at radius 1 is 0.279 bits per heavy atom. The van der Waals surface area contributed by atoms with Crippen LogP contribution in [0, 0.1) is 0 Å². The van der Waals surface area contributed by atoms with Crippen molar-refractivity contribution in [2.75, 3.05) is 4.90 Å². The first-order valence-corrected chi connectivity index (χ1v) is 23.8. The van der Waals surface area contributed by atoms with Crippen molar-refractivity contribution in [3.05, 3.63) is 299 Å². The smallest absolute Gasteiger partial charge is 0.0720 e. The molecule has 316 valence electrons. The average Bonchev–Trinajstić information content (AvgIpc) is 4.01. The van der Waals surface area contributed by atoms with E-state index in [1.807, 2.05) is 0 Å². The summed E-state index contributed by atoms with van der Waals surface area (Å²) in [5.74, 6) is 0. The minimum atomic E-state index is -0.593. The summed E-state index contributed by atoms with van der Waals surface area (Å²) in [6, 6.07) is 95.5. The maximum atomic E-state index is 2.58. The second kappa shape index (κ2) is 13.9. The third kappa shape index (κ3) is 4.71. The Morgan fingerprint density at radius 3 is 1.25 bits per heavy atom. The molecule has 2 nitrogen and oxygen atoms in total. The lowest BCUT2D eigenvalue weighted by atomic mass is 9.52. The fraction of sp³-hybridized carbons (Fsp3) is 0.0303. The predicted octanol–water partition coefficient (Wildman–Crippen LogP) is 16.4. The number of anilines is 3. The second-order valence-corrected chi connectivity index (χ2v) is 18.7. The van der Waals surface area contributed by atoms with Gasteiger partial charge < -0.3 is 9.47 Å². The Balaban J connectivity index is 1.04. The Labute approximate surface area is 395 Å². The lowest BCUT2D eigenvalue weighted by Crippen LogP contribution is -2.43. The predicted molar refractivity (Wildman–Crippen MR) is 281 cm³/mol. The first-order valence-electron chi connectivity index (χ1n) is 23.8. The van der Waals surface area contributed by atoms with E-state index in [4.69, 9.17) is 0 Å². The summed E-state index contributed by atoms with van der Waals surface area (Å²) < 4.78 is 2.53. The van der Waals surface area contributed by atoms with Crippen LogP contribution in [-0.4, -0.2) is 4.57 Å². The molecule has 2 heteroatoms. The molecule has 0 atom stereocenters. The number of rotatable bonds is 4. The number of aromatic nitrogens is 1. The van der Waals surface area contributed by atoms with Gasteiger partial charge in [-0.2, -0.15) is 0 Å². The van der Waals surface area contributed by atoms with Crippen LogP contribution in [0.4, 0.5) is 17.1 Å². The van der Waals surface area contributed by atoms with Crippen molar-refractivity contribution in [1.29, 1.82) is 0 Å². The van der Waals surface area contributed by atoms with Gasteiger partial charge in [-0.25, -0.2) is 0 Å². The molecule has 3 aliphatic rings. The zero-order valence-electron chi connectivity index (χ0n) is 37.1. The summed E-state index contributed by atoms with van der Waals surface area (Å²) in [7, 11) is 0. The summed E-state index contributed by atoms with van der Waals surface area (Å²) in [4.78, 5) is 2.34. The van der Waals surface area contributed by atoms with Crippen LogP contribution in [0.5, 0.6) is 0 Å². The van der Waals surface area contributed by atoms with Gasteiger partial charge in [0, 0.05) is 33.5 Å². The highest BCUT2D eigenvalue weighted by atomic mass is 15.1. The van der Waals surface area contributed by atoms with Crippen LogP contribution in [-0.2, 0) is 10.8 Å². The molecule has 1 heterocycles. The van der Waals surface area contributed by atoms with Crippen molar-refractivity contribution < 1.29 is 0 Å². The Bertz CT molecular complexity index is 3890. The second-order valence-electron chi connectivity index (χ2n) is 18.7. The van der Waals surface area contributed by atoms with E-state index in [1.54, 1.807) is 0 Å². The van der Waals surface area contributed by atoms with Crippen LogP contribution >= 0.6 is 0 Å². The number of benzene rings is 11. The zero-order chi connectivity index (χ0) is 44.6. The van der Waals surface area contributed by atoms with Gasteiger partial charge >= 0.3 is 0 Å². The van der Waals surface area contributed by atoms with E-state index in [-0.39, 0.29) is 0 Å². The minimum absolute atomic E-state index is 0.490. The molecule has 0 aliphatic heterocycles. The molecule has 12 aromatic rings. The SMILES string of the molecule is c1ccc(N(c2ccccc2)c2ccc(-n3c4cc5c(cc4c4c6ccccc6ccc43)-c3ccccc3C53c4ccccc4C4(c5ccccc5-c5ccccc54)c4ccccc43)cc2)cc1. The van der Waals surface area contributed by atoms with Crippen molar-refractivity contribution in [3.63, 3.8) is 0 Å². The molecule has 0 fully saturated rings. The minimum Gasteiger partial charge on any atom is -0.311 e. The van der Waals surface area contributed by atoms with E-state index in [0.717, 1.165) is 22.7 Å². The fourth-order valence-electron chi connectivity index (χ4n) is 13.1. The third-order valence-electron chi connectivity index (χ3n) is 15.6. The maximum absolute atomic E-state index is 2.58. The molecule has 0 saturated heterocycles. The van der Waals surface area contributed by atoms with Crippen LogP contribution in [0.3, 0.4) is 0 Å². The monoisotopic (exact) mass is 862 g/mol. The van der Waals surface area contributed by atoms with Gasteiger partial charge in [0.05, 0.1) is 21.9 Å². The molecule has 0 N–H and O–H groups in total. The molecule has 3 aliphatic carbocycles. The van der Waals surface area contributed by atoms with E-state index < -0.39 is 10.8 Å². The van der Waals surface area contributed by atoms with E-state index in [2.05, 4.69) is 264 Å². The first kappa shape index (κ1) is 37.5. The summed E-state index contributed by atoms with van der Waals surface area (Å²) in [5, 5.41) is 5.04. The number of hydrogen-bond donors (Lipinski definition) is 0. The molecule has 2 spiro atoms. The normalized spacial score (nSPS) is 14.1. The topological polar surface area (TPSA) is 8.17 Å². The average molecular weight is 863 g/mol. The van der Waals surface area contributed by atoms with Crippen LogP contribution in [0.2, 0.25) is 0 Å². The van der Waals surface area contributed by atoms with Gasteiger partial charge in [-0.1, -0.05) is 188 Å². The summed E-state index contributed by atoms with van der Waals surface area (Å²) in [6.45, 7) is 0. The number of fused-ring (bicyclic) bond motifs is 21.